The number of benzene rings is 5. The summed E-state index contributed by atoms with van der Waals surface area (Å²) >= 11 is 2.78. The minimum Gasteiger partial charge on any atom is -0.507 e. The number of ketones is 1. The number of fused-ring (bicyclic) bond motifs is 1. The van der Waals surface area contributed by atoms with Gasteiger partial charge in [-0.3, -0.25) is 14.5 Å². The summed E-state index contributed by atoms with van der Waals surface area (Å²) in [5.41, 5.74) is 5.60. The third-order valence-corrected chi connectivity index (χ3v) is 10.9. The number of hydrogen-bond donors (Lipinski definition) is 1. The van der Waals surface area contributed by atoms with Crippen LogP contribution in [0.25, 0.3) is 16.5 Å². The summed E-state index contributed by atoms with van der Waals surface area (Å²) in [6.45, 7) is 4.50. The number of amides is 1. The SMILES string of the molecule is CCc1ccc(C2C(=C(O)c3ccc(OCc4ccccc4C)cc3)C(=O)C(=O)N2c2nnc(SCc3cccc4ccccc34)s2)cc1. The molecule has 1 fully saturated rings. The van der Waals surface area contributed by atoms with Crippen molar-refractivity contribution in [2.45, 2.75) is 43.0 Å². The Hall–Kier alpha value is -5.25. The fourth-order valence-corrected chi connectivity index (χ4v) is 7.87. The van der Waals surface area contributed by atoms with E-state index in [2.05, 4.69) is 41.4 Å². The van der Waals surface area contributed by atoms with Crippen LogP contribution in [0.4, 0.5) is 5.13 Å². The Labute approximate surface area is 292 Å². The zero-order valence-corrected chi connectivity index (χ0v) is 28.6. The number of aliphatic hydroxyl groups excluding tert-OH is 1. The van der Waals surface area contributed by atoms with E-state index >= 15 is 0 Å². The Morgan fingerprint density at radius 3 is 2.35 bits per heavy atom. The molecular weight excluding hydrogens is 651 g/mol. The van der Waals surface area contributed by atoms with Crippen molar-refractivity contribution in [2.24, 2.45) is 0 Å². The zero-order chi connectivity index (χ0) is 33.9. The van der Waals surface area contributed by atoms with E-state index in [1.165, 1.54) is 44.3 Å². The van der Waals surface area contributed by atoms with Gasteiger partial charge in [-0.15, -0.1) is 10.2 Å². The molecule has 1 unspecified atom stereocenters. The number of thioether (sulfide) groups is 1. The molecule has 0 bridgehead atoms. The highest BCUT2D eigenvalue weighted by Crippen LogP contribution is 2.44. The van der Waals surface area contributed by atoms with Crippen LogP contribution in [0, 0.1) is 6.92 Å². The third-order valence-electron chi connectivity index (χ3n) is 8.76. The molecule has 0 radical (unpaired) electrons. The standard InChI is InChI=1S/C40H33N3O4S2/c1-3-26-15-17-28(18-16-26)35-34(36(44)29-19-21-32(22-20-29)47-23-30-11-5-4-9-25(30)2)37(45)38(46)43(35)39-41-42-40(49-39)48-24-31-13-8-12-27-10-6-7-14-33(27)31/h4-22,35,44H,3,23-24H2,1-2H3. The molecule has 1 saturated heterocycles. The molecule has 0 aliphatic carbocycles. The smallest absolute Gasteiger partial charge is 0.301 e. The van der Waals surface area contributed by atoms with Crippen LogP contribution in [-0.4, -0.2) is 27.0 Å². The Morgan fingerprint density at radius 2 is 1.57 bits per heavy atom. The molecule has 1 aliphatic rings. The van der Waals surface area contributed by atoms with Crippen LogP contribution in [-0.2, 0) is 28.4 Å². The molecule has 0 spiro atoms. The monoisotopic (exact) mass is 683 g/mol. The number of aliphatic hydroxyl groups is 1. The van der Waals surface area contributed by atoms with Gasteiger partial charge in [-0.05, 0) is 76.2 Å². The Bertz CT molecular complexity index is 2190. The van der Waals surface area contributed by atoms with Crippen molar-refractivity contribution >= 4 is 56.5 Å². The highest BCUT2D eigenvalue weighted by Gasteiger charge is 2.48. The van der Waals surface area contributed by atoms with E-state index < -0.39 is 17.7 Å². The number of ether oxygens (including phenoxy) is 1. The number of aryl methyl sites for hydroxylation is 2. The molecule has 0 saturated carbocycles. The lowest BCUT2D eigenvalue weighted by Crippen LogP contribution is -2.29. The number of carbonyl (C=O) groups excluding carboxylic acids is 2. The van der Waals surface area contributed by atoms with Gasteiger partial charge in [0.05, 0.1) is 11.6 Å². The Kier molecular flexibility index (Phi) is 9.28. The quantitative estimate of drug-likeness (QED) is 0.0506. The van der Waals surface area contributed by atoms with E-state index in [1.807, 2.05) is 73.7 Å². The highest BCUT2D eigenvalue weighted by atomic mass is 32.2. The van der Waals surface area contributed by atoms with Crippen LogP contribution in [0.5, 0.6) is 5.75 Å². The summed E-state index contributed by atoms with van der Waals surface area (Å²) in [5, 5.41) is 23.0. The summed E-state index contributed by atoms with van der Waals surface area (Å²) in [6.07, 6.45) is 0.840. The maximum absolute atomic E-state index is 13.7. The molecular formula is C40H33N3O4S2. The molecule has 2 heterocycles. The topological polar surface area (TPSA) is 92.6 Å². The second kappa shape index (κ2) is 14.1. The molecule has 1 aromatic heterocycles. The number of anilines is 1. The van der Waals surface area contributed by atoms with Crippen LogP contribution in [0.15, 0.2) is 125 Å². The number of Topliss-reactive ketones (excluding diaryl/α,β-unsaturated/α-hetero) is 1. The maximum atomic E-state index is 13.7. The predicted molar refractivity (Wildman–Crippen MR) is 196 cm³/mol. The van der Waals surface area contributed by atoms with Gasteiger partial charge in [-0.25, -0.2) is 0 Å². The van der Waals surface area contributed by atoms with Crippen molar-refractivity contribution in [3.63, 3.8) is 0 Å². The first-order valence-corrected chi connectivity index (χ1v) is 17.8. The van der Waals surface area contributed by atoms with Gasteiger partial charge in [-0.2, -0.15) is 0 Å². The first-order chi connectivity index (χ1) is 23.9. The average Bonchev–Trinajstić information content (AvgIpc) is 3.71. The molecule has 1 atom stereocenters. The van der Waals surface area contributed by atoms with E-state index in [4.69, 9.17) is 4.74 Å². The van der Waals surface area contributed by atoms with E-state index in [0.717, 1.165) is 23.1 Å². The van der Waals surface area contributed by atoms with Crippen molar-refractivity contribution in [2.75, 3.05) is 4.90 Å². The number of aromatic nitrogens is 2. The summed E-state index contributed by atoms with van der Waals surface area (Å²) in [6, 6.07) is 36.2. The maximum Gasteiger partial charge on any atom is 0.301 e. The van der Waals surface area contributed by atoms with Gasteiger partial charge in [0.25, 0.3) is 5.78 Å². The highest BCUT2D eigenvalue weighted by molar-refractivity contribution is 8.00. The van der Waals surface area contributed by atoms with Crippen LogP contribution < -0.4 is 9.64 Å². The normalized spacial score (nSPS) is 15.6. The summed E-state index contributed by atoms with van der Waals surface area (Å²) < 4.78 is 6.66. The van der Waals surface area contributed by atoms with E-state index in [9.17, 15) is 14.7 Å². The third kappa shape index (κ3) is 6.60. The minimum absolute atomic E-state index is 0.00276. The molecule has 49 heavy (non-hydrogen) atoms. The van der Waals surface area contributed by atoms with Crippen molar-refractivity contribution in [1.82, 2.24) is 10.2 Å². The molecule has 244 valence electrons. The molecule has 1 N–H and O–H groups in total. The molecule has 7 rings (SSSR count). The van der Waals surface area contributed by atoms with Gasteiger partial charge >= 0.3 is 5.91 Å². The lowest BCUT2D eigenvalue weighted by Gasteiger charge is -2.22. The molecule has 1 aliphatic heterocycles. The fourth-order valence-electron chi connectivity index (χ4n) is 5.99. The lowest BCUT2D eigenvalue weighted by molar-refractivity contribution is -0.132. The van der Waals surface area contributed by atoms with Gasteiger partial charge in [0, 0.05) is 11.3 Å². The molecule has 5 aromatic carbocycles. The molecule has 9 heteroatoms. The van der Waals surface area contributed by atoms with Crippen molar-refractivity contribution in [1.29, 1.82) is 0 Å². The largest absolute Gasteiger partial charge is 0.507 e. The number of carbonyl (C=O) groups is 2. The second-order valence-electron chi connectivity index (χ2n) is 11.8. The summed E-state index contributed by atoms with van der Waals surface area (Å²) in [5.74, 6) is -0.505. The average molecular weight is 684 g/mol. The first-order valence-electron chi connectivity index (χ1n) is 16.0. The van der Waals surface area contributed by atoms with Gasteiger partial charge in [0.15, 0.2) is 4.34 Å². The predicted octanol–water partition coefficient (Wildman–Crippen LogP) is 9.06. The van der Waals surface area contributed by atoms with Crippen molar-refractivity contribution in [3.8, 4) is 5.75 Å². The Balaban J connectivity index is 1.18. The van der Waals surface area contributed by atoms with Gasteiger partial charge < -0.3 is 9.84 Å². The van der Waals surface area contributed by atoms with Gasteiger partial charge in [0.2, 0.25) is 5.13 Å². The fraction of sp³-hybridized carbons (Fsp3) is 0.150. The van der Waals surface area contributed by atoms with E-state index in [-0.39, 0.29) is 11.3 Å². The summed E-state index contributed by atoms with van der Waals surface area (Å²) in [4.78, 5) is 28.8. The van der Waals surface area contributed by atoms with Crippen molar-refractivity contribution in [3.05, 3.63) is 154 Å². The number of rotatable bonds is 10. The van der Waals surface area contributed by atoms with Crippen LogP contribution in [0.2, 0.25) is 0 Å². The molecule has 7 nitrogen and oxygen atoms in total. The molecule has 1 amide bonds. The van der Waals surface area contributed by atoms with Gasteiger partial charge in [0.1, 0.15) is 18.1 Å². The minimum atomic E-state index is -0.883. The second-order valence-corrected chi connectivity index (χ2v) is 14.0. The van der Waals surface area contributed by atoms with E-state index in [0.29, 0.717) is 38.7 Å². The number of nitrogens with zero attached hydrogens (tertiary/aromatic N) is 3. The van der Waals surface area contributed by atoms with Crippen LogP contribution in [0.3, 0.4) is 0 Å². The summed E-state index contributed by atoms with van der Waals surface area (Å²) in [7, 11) is 0. The van der Waals surface area contributed by atoms with Crippen LogP contribution >= 0.6 is 23.1 Å². The molecule has 6 aromatic rings. The van der Waals surface area contributed by atoms with Crippen molar-refractivity contribution < 1.29 is 19.4 Å². The van der Waals surface area contributed by atoms with E-state index in [1.54, 1.807) is 24.3 Å². The lowest BCUT2D eigenvalue weighted by atomic mass is 9.94. The Morgan fingerprint density at radius 1 is 0.857 bits per heavy atom. The van der Waals surface area contributed by atoms with Crippen LogP contribution in [0.1, 0.15) is 46.3 Å². The zero-order valence-electron chi connectivity index (χ0n) is 27.0. The van der Waals surface area contributed by atoms with Gasteiger partial charge in [-0.1, -0.05) is 121 Å². The number of hydrogen-bond acceptors (Lipinski definition) is 8. The first kappa shape index (κ1) is 32.3.